The minimum atomic E-state index is -0.446. The molecule has 1 aromatic carbocycles. The highest BCUT2D eigenvalue weighted by Crippen LogP contribution is 2.19. The Labute approximate surface area is 124 Å². The smallest absolute Gasteiger partial charge is 0.248 e. The van der Waals surface area contributed by atoms with E-state index in [9.17, 15) is 4.79 Å². The molecule has 0 radical (unpaired) electrons. The summed E-state index contributed by atoms with van der Waals surface area (Å²) in [5.74, 6) is 0.631. The standard InChI is InChI=1S/C14H12N4O2S/c15-13(19)9-1-3-11(4-2-9)16-7-12-17-14(18-20-12)10-5-6-21-8-10/h1-6,8,16H,7H2,(H2,15,19). The minimum absolute atomic E-state index is 0.410. The van der Waals surface area contributed by atoms with Crippen LogP contribution in [0.3, 0.4) is 0 Å². The number of hydrogen-bond acceptors (Lipinski definition) is 6. The van der Waals surface area contributed by atoms with Crippen molar-refractivity contribution in [1.82, 2.24) is 10.1 Å². The van der Waals surface area contributed by atoms with Gasteiger partial charge in [0.1, 0.15) is 0 Å². The highest BCUT2D eigenvalue weighted by molar-refractivity contribution is 7.08. The second kappa shape index (κ2) is 5.76. The quantitative estimate of drug-likeness (QED) is 0.755. The second-order valence-electron chi connectivity index (χ2n) is 4.32. The van der Waals surface area contributed by atoms with Gasteiger partial charge < -0.3 is 15.6 Å². The third-order valence-electron chi connectivity index (χ3n) is 2.86. The molecule has 0 atom stereocenters. The topological polar surface area (TPSA) is 94.0 Å². The molecular weight excluding hydrogens is 288 g/mol. The van der Waals surface area contributed by atoms with E-state index in [4.69, 9.17) is 10.3 Å². The van der Waals surface area contributed by atoms with Gasteiger partial charge in [0.05, 0.1) is 6.54 Å². The van der Waals surface area contributed by atoms with Crippen LogP contribution in [0, 0.1) is 0 Å². The van der Waals surface area contributed by atoms with Crippen molar-refractivity contribution in [2.24, 2.45) is 5.73 Å². The Hall–Kier alpha value is -2.67. The molecule has 6 nitrogen and oxygen atoms in total. The summed E-state index contributed by atoms with van der Waals surface area (Å²) in [5, 5.41) is 11.0. The summed E-state index contributed by atoms with van der Waals surface area (Å²) in [6.45, 7) is 0.410. The molecule has 7 heteroatoms. The van der Waals surface area contributed by atoms with E-state index in [1.54, 1.807) is 35.6 Å². The number of rotatable bonds is 5. The first-order valence-electron chi connectivity index (χ1n) is 6.21. The van der Waals surface area contributed by atoms with Gasteiger partial charge in [0.15, 0.2) is 0 Å². The van der Waals surface area contributed by atoms with E-state index >= 15 is 0 Å². The largest absolute Gasteiger partial charge is 0.376 e. The van der Waals surface area contributed by atoms with Crippen molar-refractivity contribution in [3.8, 4) is 11.4 Å². The Kier molecular flexibility index (Phi) is 3.65. The molecule has 0 unspecified atom stereocenters. The van der Waals surface area contributed by atoms with Gasteiger partial charge in [-0.15, -0.1) is 0 Å². The average Bonchev–Trinajstić information content (AvgIpc) is 3.16. The minimum Gasteiger partial charge on any atom is -0.376 e. The Balaban J connectivity index is 1.64. The van der Waals surface area contributed by atoms with Crippen LogP contribution in [0.4, 0.5) is 5.69 Å². The molecule has 21 heavy (non-hydrogen) atoms. The number of anilines is 1. The number of aromatic nitrogens is 2. The molecule has 2 heterocycles. The van der Waals surface area contributed by atoms with E-state index in [1.165, 1.54) is 0 Å². The zero-order valence-corrected chi connectivity index (χ0v) is 11.8. The molecule has 1 amide bonds. The maximum atomic E-state index is 11.0. The summed E-state index contributed by atoms with van der Waals surface area (Å²) in [5.41, 5.74) is 7.44. The molecule has 3 N–H and O–H groups in total. The van der Waals surface area contributed by atoms with E-state index in [-0.39, 0.29) is 0 Å². The van der Waals surface area contributed by atoms with Crippen LogP contribution in [0.1, 0.15) is 16.2 Å². The highest BCUT2D eigenvalue weighted by Gasteiger charge is 2.08. The molecule has 0 spiro atoms. The molecule has 106 valence electrons. The number of carbonyl (C=O) groups excluding carboxylic acids is 1. The van der Waals surface area contributed by atoms with E-state index in [2.05, 4.69) is 15.5 Å². The molecule has 0 saturated carbocycles. The van der Waals surface area contributed by atoms with Gasteiger partial charge in [0.2, 0.25) is 17.6 Å². The van der Waals surface area contributed by atoms with Crippen molar-refractivity contribution >= 4 is 22.9 Å². The third kappa shape index (κ3) is 3.09. The van der Waals surface area contributed by atoms with Crippen LogP contribution in [0.25, 0.3) is 11.4 Å². The fourth-order valence-corrected chi connectivity index (χ4v) is 2.40. The van der Waals surface area contributed by atoms with Crippen LogP contribution in [-0.4, -0.2) is 16.0 Å². The molecule has 3 rings (SSSR count). The molecule has 0 saturated heterocycles. The lowest BCUT2D eigenvalue weighted by Gasteiger charge is -2.03. The van der Waals surface area contributed by atoms with Crippen molar-refractivity contribution in [1.29, 1.82) is 0 Å². The lowest BCUT2D eigenvalue weighted by atomic mass is 10.2. The molecule has 0 aliphatic carbocycles. The van der Waals surface area contributed by atoms with Crippen LogP contribution in [-0.2, 0) is 6.54 Å². The number of thiophene rings is 1. The first-order chi connectivity index (χ1) is 10.2. The van der Waals surface area contributed by atoms with Gasteiger partial charge in [-0.25, -0.2) is 0 Å². The number of nitrogens with zero attached hydrogens (tertiary/aromatic N) is 2. The summed E-state index contributed by atoms with van der Waals surface area (Å²) in [6.07, 6.45) is 0. The number of nitrogens with one attached hydrogen (secondary N) is 1. The number of carbonyl (C=O) groups is 1. The SMILES string of the molecule is NC(=O)c1ccc(NCc2nc(-c3ccsc3)no2)cc1. The molecule has 3 aromatic rings. The van der Waals surface area contributed by atoms with Crippen LogP contribution in [0.5, 0.6) is 0 Å². The molecular formula is C14H12N4O2S. The Morgan fingerprint density at radius 2 is 2.10 bits per heavy atom. The predicted molar refractivity (Wildman–Crippen MR) is 79.9 cm³/mol. The fourth-order valence-electron chi connectivity index (χ4n) is 1.77. The van der Waals surface area contributed by atoms with Gasteiger partial charge in [0.25, 0.3) is 0 Å². The van der Waals surface area contributed by atoms with Gasteiger partial charge in [-0.05, 0) is 35.7 Å². The summed E-state index contributed by atoms with van der Waals surface area (Å²) < 4.78 is 5.18. The number of primary amides is 1. The number of benzene rings is 1. The third-order valence-corrected chi connectivity index (χ3v) is 3.54. The van der Waals surface area contributed by atoms with Gasteiger partial charge in [-0.1, -0.05) is 5.16 Å². The normalized spacial score (nSPS) is 10.5. The zero-order valence-electron chi connectivity index (χ0n) is 10.9. The van der Waals surface area contributed by atoms with E-state index < -0.39 is 5.91 Å². The van der Waals surface area contributed by atoms with Crippen molar-refractivity contribution in [2.45, 2.75) is 6.54 Å². The predicted octanol–water partition coefficient (Wildman–Crippen LogP) is 2.51. The molecule has 0 aliphatic rings. The summed E-state index contributed by atoms with van der Waals surface area (Å²) in [4.78, 5) is 15.3. The van der Waals surface area contributed by atoms with Crippen molar-refractivity contribution < 1.29 is 9.32 Å². The fraction of sp³-hybridized carbons (Fsp3) is 0.0714. The lowest BCUT2D eigenvalue weighted by Crippen LogP contribution is -2.10. The second-order valence-corrected chi connectivity index (χ2v) is 5.10. The summed E-state index contributed by atoms with van der Waals surface area (Å²) >= 11 is 1.58. The summed E-state index contributed by atoms with van der Waals surface area (Å²) in [6, 6.07) is 8.81. The van der Waals surface area contributed by atoms with Crippen molar-refractivity contribution in [2.75, 3.05) is 5.32 Å². The highest BCUT2D eigenvalue weighted by atomic mass is 32.1. The first kappa shape index (κ1) is 13.3. The van der Waals surface area contributed by atoms with Crippen LogP contribution >= 0.6 is 11.3 Å². The van der Waals surface area contributed by atoms with E-state index in [0.717, 1.165) is 11.3 Å². The number of hydrogen-bond donors (Lipinski definition) is 2. The Morgan fingerprint density at radius 3 is 2.76 bits per heavy atom. The van der Waals surface area contributed by atoms with E-state index in [1.807, 2.05) is 16.8 Å². The Morgan fingerprint density at radius 1 is 1.29 bits per heavy atom. The molecule has 0 aliphatic heterocycles. The lowest BCUT2D eigenvalue weighted by molar-refractivity contribution is 0.100. The van der Waals surface area contributed by atoms with Crippen LogP contribution in [0.15, 0.2) is 45.6 Å². The molecule has 2 aromatic heterocycles. The average molecular weight is 300 g/mol. The van der Waals surface area contributed by atoms with Crippen molar-refractivity contribution in [3.05, 3.63) is 52.5 Å². The van der Waals surface area contributed by atoms with Crippen LogP contribution < -0.4 is 11.1 Å². The van der Waals surface area contributed by atoms with Crippen LogP contribution in [0.2, 0.25) is 0 Å². The van der Waals surface area contributed by atoms with Gasteiger partial charge in [0, 0.05) is 22.2 Å². The summed E-state index contributed by atoms with van der Waals surface area (Å²) in [7, 11) is 0. The number of amides is 1. The maximum Gasteiger partial charge on any atom is 0.248 e. The Bertz CT molecular complexity index is 735. The van der Waals surface area contributed by atoms with E-state index in [0.29, 0.717) is 23.8 Å². The van der Waals surface area contributed by atoms with Gasteiger partial charge >= 0.3 is 0 Å². The first-order valence-corrected chi connectivity index (χ1v) is 7.15. The molecule has 0 bridgehead atoms. The monoisotopic (exact) mass is 300 g/mol. The number of nitrogens with two attached hydrogens (primary N) is 1. The van der Waals surface area contributed by atoms with Crippen molar-refractivity contribution in [3.63, 3.8) is 0 Å². The van der Waals surface area contributed by atoms with Gasteiger partial charge in [-0.3, -0.25) is 4.79 Å². The zero-order chi connectivity index (χ0) is 14.7. The molecule has 0 fully saturated rings. The van der Waals surface area contributed by atoms with Gasteiger partial charge in [-0.2, -0.15) is 16.3 Å². The maximum absolute atomic E-state index is 11.0.